The van der Waals surface area contributed by atoms with Crippen molar-refractivity contribution in [2.45, 2.75) is 0 Å². The van der Waals surface area contributed by atoms with Gasteiger partial charge in [0.1, 0.15) is 0 Å². The largest absolute Gasteiger partial charge is 0.277 e. The number of rotatable bonds is 6. The van der Waals surface area contributed by atoms with Crippen LogP contribution in [-0.2, 0) is 0 Å². The van der Waals surface area contributed by atoms with Gasteiger partial charge in [-0.1, -0.05) is 176 Å². The molecular formula is C45H30N4. The van der Waals surface area contributed by atoms with E-state index in [1.54, 1.807) is 0 Å². The molecule has 2 aromatic heterocycles. The van der Waals surface area contributed by atoms with Crippen molar-refractivity contribution in [3.05, 3.63) is 182 Å². The molecule has 9 aromatic rings. The molecule has 0 fully saturated rings. The summed E-state index contributed by atoms with van der Waals surface area (Å²) in [6.45, 7) is 0. The summed E-state index contributed by atoms with van der Waals surface area (Å²) in [6, 6.07) is 63.3. The second-order valence-corrected chi connectivity index (χ2v) is 12.1. The Labute approximate surface area is 284 Å². The Morgan fingerprint density at radius 1 is 0.306 bits per heavy atom. The van der Waals surface area contributed by atoms with Crippen molar-refractivity contribution < 1.29 is 0 Å². The molecule has 0 radical (unpaired) electrons. The molecule has 0 aliphatic rings. The monoisotopic (exact) mass is 626 g/mol. The van der Waals surface area contributed by atoms with Crippen LogP contribution < -0.4 is 0 Å². The number of fused-ring (bicyclic) bond motifs is 3. The van der Waals surface area contributed by atoms with Gasteiger partial charge >= 0.3 is 0 Å². The molecule has 49 heavy (non-hydrogen) atoms. The Bertz CT molecular complexity index is 2560. The average molecular weight is 627 g/mol. The zero-order valence-corrected chi connectivity index (χ0v) is 26.6. The fraction of sp³-hybridized carbons (Fsp3) is 0. The maximum absolute atomic E-state index is 5.20. The maximum atomic E-state index is 5.20. The first kappa shape index (κ1) is 28.6. The number of hydrogen-bond acceptors (Lipinski definition) is 3. The zero-order valence-electron chi connectivity index (χ0n) is 26.6. The van der Waals surface area contributed by atoms with Gasteiger partial charge in [0.05, 0.1) is 11.0 Å². The van der Waals surface area contributed by atoms with Gasteiger partial charge in [-0.2, -0.15) is 9.97 Å². The molecule has 4 nitrogen and oxygen atoms in total. The van der Waals surface area contributed by atoms with E-state index < -0.39 is 0 Å². The molecule has 0 atom stereocenters. The van der Waals surface area contributed by atoms with E-state index in [0.717, 1.165) is 49.6 Å². The highest BCUT2D eigenvalue weighted by Gasteiger charge is 2.20. The Balaban J connectivity index is 1.26. The molecule has 0 aliphatic heterocycles. The van der Waals surface area contributed by atoms with Gasteiger partial charge < -0.3 is 0 Å². The minimum Gasteiger partial charge on any atom is -0.277 e. The number of hydrogen-bond donors (Lipinski definition) is 0. The Morgan fingerprint density at radius 2 is 0.735 bits per heavy atom. The van der Waals surface area contributed by atoms with Crippen molar-refractivity contribution in [1.82, 2.24) is 19.5 Å². The van der Waals surface area contributed by atoms with E-state index in [1.165, 1.54) is 16.7 Å². The van der Waals surface area contributed by atoms with Crippen LogP contribution in [0.2, 0.25) is 0 Å². The zero-order chi connectivity index (χ0) is 32.6. The van der Waals surface area contributed by atoms with Gasteiger partial charge in [-0.15, -0.1) is 0 Å². The van der Waals surface area contributed by atoms with Crippen molar-refractivity contribution in [2.24, 2.45) is 0 Å². The van der Waals surface area contributed by atoms with Crippen LogP contribution in [-0.4, -0.2) is 19.5 Å². The van der Waals surface area contributed by atoms with Crippen LogP contribution >= 0.6 is 0 Å². The predicted molar refractivity (Wildman–Crippen MR) is 201 cm³/mol. The van der Waals surface area contributed by atoms with E-state index in [9.17, 15) is 0 Å². The molecule has 230 valence electrons. The molecule has 7 aromatic carbocycles. The lowest BCUT2D eigenvalue weighted by atomic mass is 9.98. The molecule has 0 unspecified atom stereocenters. The van der Waals surface area contributed by atoms with Crippen molar-refractivity contribution in [2.75, 3.05) is 0 Å². The Morgan fingerprint density at radius 3 is 1.33 bits per heavy atom. The summed E-state index contributed by atoms with van der Waals surface area (Å²) in [5, 5.41) is 2.30. The fourth-order valence-corrected chi connectivity index (χ4v) is 6.68. The Kier molecular flexibility index (Phi) is 7.10. The topological polar surface area (TPSA) is 43.6 Å². The van der Waals surface area contributed by atoms with E-state index in [-0.39, 0.29) is 0 Å². The van der Waals surface area contributed by atoms with Crippen molar-refractivity contribution >= 4 is 21.8 Å². The minimum absolute atomic E-state index is 0.579. The standard InChI is InChI=1S/C45H30N4/c1-4-13-31(14-5-1)33-23-27-35(28-24-33)38-20-12-21-40-39-19-10-11-22-41(39)49(42(38)40)45-47-43(36-17-8-3-9-18-36)46-44(48-45)37-29-25-34(26-30-37)32-15-6-2-7-16-32/h1-30H. The van der Waals surface area contributed by atoms with E-state index in [0.29, 0.717) is 17.6 Å². The molecule has 0 N–H and O–H groups in total. The minimum atomic E-state index is 0.579. The lowest BCUT2D eigenvalue weighted by molar-refractivity contribution is 0.954. The molecule has 4 heteroatoms. The first-order valence-electron chi connectivity index (χ1n) is 16.5. The van der Waals surface area contributed by atoms with Gasteiger partial charge in [0, 0.05) is 27.5 Å². The van der Waals surface area contributed by atoms with Crippen LogP contribution in [0.1, 0.15) is 0 Å². The number of para-hydroxylation sites is 2. The van der Waals surface area contributed by atoms with Crippen molar-refractivity contribution in [3.8, 4) is 62.1 Å². The molecular weight excluding hydrogens is 597 g/mol. The van der Waals surface area contributed by atoms with Gasteiger partial charge in [-0.05, 0) is 33.9 Å². The van der Waals surface area contributed by atoms with Crippen LogP contribution in [0.3, 0.4) is 0 Å². The van der Waals surface area contributed by atoms with E-state index in [1.807, 2.05) is 42.5 Å². The summed E-state index contributed by atoms with van der Waals surface area (Å²) in [5.41, 5.74) is 10.9. The summed E-state index contributed by atoms with van der Waals surface area (Å²) in [4.78, 5) is 15.4. The van der Waals surface area contributed by atoms with E-state index in [2.05, 4.69) is 144 Å². The molecule has 0 bridgehead atoms. The van der Waals surface area contributed by atoms with Crippen LogP contribution in [0, 0.1) is 0 Å². The molecule has 9 rings (SSSR count). The van der Waals surface area contributed by atoms with Crippen molar-refractivity contribution in [3.63, 3.8) is 0 Å². The molecule has 0 amide bonds. The predicted octanol–water partition coefficient (Wildman–Crippen LogP) is 11.3. The van der Waals surface area contributed by atoms with E-state index >= 15 is 0 Å². The summed E-state index contributed by atoms with van der Waals surface area (Å²) in [5.74, 6) is 1.83. The fourth-order valence-electron chi connectivity index (χ4n) is 6.68. The van der Waals surface area contributed by atoms with Gasteiger partial charge in [-0.25, -0.2) is 4.98 Å². The molecule has 0 aliphatic carbocycles. The quantitative estimate of drug-likeness (QED) is 0.184. The highest BCUT2D eigenvalue weighted by molar-refractivity contribution is 6.13. The van der Waals surface area contributed by atoms with Crippen molar-refractivity contribution in [1.29, 1.82) is 0 Å². The summed E-state index contributed by atoms with van der Waals surface area (Å²) in [7, 11) is 0. The highest BCUT2D eigenvalue weighted by Crippen LogP contribution is 2.38. The number of benzene rings is 7. The Hall–Kier alpha value is -6.65. The number of nitrogens with zero attached hydrogens (tertiary/aromatic N) is 4. The van der Waals surface area contributed by atoms with Gasteiger partial charge in [0.25, 0.3) is 0 Å². The molecule has 0 saturated heterocycles. The second kappa shape index (κ2) is 12.2. The van der Waals surface area contributed by atoms with Crippen LogP contribution in [0.4, 0.5) is 0 Å². The molecule has 2 heterocycles. The molecule has 0 saturated carbocycles. The second-order valence-electron chi connectivity index (χ2n) is 12.1. The summed E-state index contributed by atoms with van der Waals surface area (Å²) in [6.07, 6.45) is 0. The van der Waals surface area contributed by atoms with E-state index in [4.69, 9.17) is 15.0 Å². The first-order valence-corrected chi connectivity index (χ1v) is 16.5. The molecule has 0 spiro atoms. The third kappa shape index (κ3) is 5.26. The van der Waals surface area contributed by atoms with Gasteiger partial charge in [0.2, 0.25) is 5.95 Å². The lowest BCUT2D eigenvalue weighted by Gasteiger charge is -2.13. The average Bonchev–Trinajstić information content (AvgIpc) is 3.54. The maximum Gasteiger partial charge on any atom is 0.238 e. The summed E-state index contributed by atoms with van der Waals surface area (Å²) >= 11 is 0. The first-order chi connectivity index (χ1) is 24.3. The number of aromatic nitrogens is 4. The van der Waals surface area contributed by atoms with Gasteiger partial charge in [-0.3, -0.25) is 4.57 Å². The highest BCUT2D eigenvalue weighted by atomic mass is 15.2. The third-order valence-corrected chi connectivity index (χ3v) is 9.10. The SMILES string of the molecule is c1ccc(-c2ccc(-c3nc(-c4ccccc4)nc(-n4c5ccccc5c5cccc(-c6ccc(-c7ccccc7)cc6)c54)n3)cc2)cc1. The van der Waals surface area contributed by atoms with Crippen LogP contribution in [0.5, 0.6) is 0 Å². The van der Waals surface area contributed by atoms with Gasteiger partial charge in [0.15, 0.2) is 11.6 Å². The third-order valence-electron chi connectivity index (χ3n) is 9.10. The normalized spacial score (nSPS) is 11.3. The van der Waals surface area contributed by atoms with Crippen LogP contribution in [0.15, 0.2) is 182 Å². The summed E-state index contributed by atoms with van der Waals surface area (Å²) < 4.78 is 2.21. The lowest BCUT2D eigenvalue weighted by Crippen LogP contribution is -2.07. The smallest absolute Gasteiger partial charge is 0.238 e. The van der Waals surface area contributed by atoms with Crippen LogP contribution in [0.25, 0.3) is 83.9 Å².